The number of amides is 1. The van der Waals surface area contributed by atoms with Crippen LogP contribution >= 0.6 is 0 Å². The average molecular weight is 338 g/mol. The topological polar surface area (TPSA) is 71.3 Å². The summed E-state index contributed by atoms with van der Waals surface area (Å²) in [5.74, 6) is 1.03. The van der Waals surface area contributed by atoms with Crippen LogP contribution in [-0.2, 0) is 17.8 Å². The number of rotatable bonds is 9. The van der Waals surface area contributed by atoms with E-state index >= 15 is 0 Å². The van der Waals surface area contributed by atoms with Crippen LogP contribution in [0.3, 0.4) is 0 Å². The van der Waals surface area contributed by atoms with Crippen molar-refractivity contribution >= 4 is 5.91 Å². The van der Waals surface area contributed by atoms with Gasteiger partial charge in [0.25, 0.3) is 0 Å². The Morgan fingerprint density at radius 2 is 1.92 bits per heavy atom. The largest absolute Gasteiger partial charge is 0.493 e. The van der Waals surface area contributed by atoms with E-state index in [0.29, 0.717) is 24.7 Å². The summed E-state index contributed by atoms with van der Waals surface area (Å²) >= 11 is 0. The zero-order chi connectivity index (χ0) is 17.9. The summed E-state index contributed by atoms with van der Waals surface area (Å²) in [7, 11) is 1.59. The summed E-state index contributed by atoms with van der Waals surface area (Å²) in [6.07, 6.45) is 1.74. The zero-order valence-corrected chi connectivity index (χ0v) is 14.3. The first kappa shape index (κ1) is 18.3. The van der Waals surface area contributed by atoms with Gasteiger partial charge in [0.1, 0.15) is 6.42 Å². The fourth-order valence-electron chi connectivity index (χ4n) is 2.38. The number of carbonyl (C=O) groups is 1. The first-order chi connectivity index (χ1) is 12.2. The Kier molecular flexibility index (Phi) is 7.33. The molecule has 0 aromatic heterocycles. The van der Waals surface area contributed by atoms with Crippen molar-refractivity contribution < 1.29 is 14.3 Å². The highest BCUT2D eigenvalue weighted by Gasteiger charge is 2.07. The molecule has 5 nitrogen and oxygen atoms in total. The highest BCUT2D eigenvalue weighted by atomic mass is 16.5. The molecular formula is C20H22N2O3. The number of ether oxygens (including phenoxy) is 2. The maximum atomic E-state index is 11.3. The van der Waals surface area contributed by atoms with E-state index in [9.17, 15) is 4.79 Å². The molecule has 0 atom stereocenters. The Morgan fingerprint density at radius 1 is 1.12 bits per heavy atom. The standard InChI is InChI=1S/C20H22N2O3/c1-24-19-14-17(15-22-20(23)11-12-21)9-10-18(19)25-13-5-8-16-6-3-2-4-7-16/h2-4,6-7,9-10,14H,5,8,11,13,15H2,1H3,(H,22,23). The summed E-state index contributed by atoms with van der Waals surface area (Å²) in [4.78, 5) is 11.3. The Balaban J connectivity index is 1.84. The highest BCUT2D eigenvalue weighted by molar-refractivity contribution is 5.77. The minimum Gasteiger partial charge on any atom is -0.493 e. The number of methoxy groups -OCH3 is 1. The first-order valence-electron chi connectivity index (χ1n) is 8.20. The molecule has 0 radical (unpaired) electrons. The second kappa shape index (κ2) is 9.99. The van der Waals surface area contributed by atoms with Gasteiger partial charge >= 0.3 is 0 Å². The van der Waals surface area contributed by atoms with Crippen molar-refractivity contribution in [3.63, 3.8) is 0 Å². The summed E-state index contributed by atoms with van der Waals surface area (Å²) in [5.41, 5.74) is 2.18. The van der Waals surface area contributed by atoms with Crippen LogP contribution in [0.15, 0.2) is 48.5 Å². The van der Waals surface area contributed by atoms with E-state index in [1.807, 2.05) is 42.5 Å². The normalized spacial score (nSPS) is 9.92. The van der Waals surface area contributed by atoms with E-state index in [1.165, 1.54) is 5.56 Å². The Bertz CT molecular complexity index is 723. The molecule has 0 fully saturated rings. The molecule has 0 heterocycles. The summed E-state index contributed by atoms with van der Waals surface area (Å²) < 4.78 is 11.2. The van der Waals surface area contributed by atoms with Crippen LogP contribution in [0.2, 0.25) is 0 Å². The molecule has 2 aromatic carbocycles. The van der Waals surface area contributed by atoms with Crippen LogP contribution in [0.1, 0.15) is 24.0 Å². The van der Waals surface area contributed by atoms with Crippen molar-refractivity contribution in [3.8, 4) is 17.6 Å². The molecule has 2 aromatic rings. The lowest BCUT2D eigenvalue weighted by Crippen LogP contribution is -2.21. The second-order valence-electron chi connectivity index (χ2n) is 5.53. The number of hydrogen-bond donors (Lipinski definition) is 1. The monoisotopic (exact) mass is 338 g/mol. The number of aryl methyl sites for hydroxylation is 1. The maximum Gasteiger partial charge on any atom is 0.234 e. The lowest BCUT2D eigenvalue weighted by Gasteiger charge is -2.12. The minimum atomic E-state index is -0.289. The second-order valence-corrected chi connectivity index (χ2v) is 5.53. The number of benzene rings is 2. The molecule has 1 N–H and O–H groups in total. The SMILES string of the molecule is COc1cc(CNC(=O)CC#N)ccc1OCCCc1ccccc1. The van der Waals surface area contributed by atoms with Gasteiger partial charge in [-0.05, 0) is 36.1 Å². The number of nitrogens with one attached hydrogen (secondary N) is 1. The predicted octanol–water partition coefficient (Wildman–Crippen LogP) is 3.24. The lowest BCUT2D eigenvalue weighted by molar-refractivity contribution is -0.120. The van der Waals surface area contributed by atoms with Gasteiger partial charge in [0, 0.05) is 6.54 Å². The molecule has 0 aliphatic heterocycles. The van der Waals surface area contributed by atoms with Gasteiger partial charge in [-0.15, -0.1) is 0 Å². The Morgan fingerprint density at radius 3 is 2.64 bits per heavy atom. The van der Waals surface area contributed by atoms with Gasteiger partial charge in [-0.2, -0.15) is 5.26 Å². The van der Waals surface area contributed by atoms with Gasteiger partial charge in [0.2, 0.25) is 5.91 Å². The van der Waals surface area contributed by atoms with Gasteiger partial charge < -0.3 is 14.8 Å². The molecule has 0 unspecified atom stereocenters. The summed E-state index contributed by atoms with van der Waals surface area (Å²) in [6, 6.07) is 17.7. The summed E-state index contributed by atoms with van der Waals surface area (Å²) in [6.45, 7) is 0.953. The molecule has 2 rings (SSSR count). The van der Waals surface area contributed by atoms with Crippen LogP contribution in [0, 0.1) is 11.3 Å². The van der Waals surface area contributed by atoms with E-state index in [-0.39, 0.29) is 12.3 Å². The van der Waals surface area contributed by atoms with Gasteiger partial charge in [-0.3, -0.25) is 4.79 Å². The molecule has 130 valence electrons. The molecule has 0 saturated heterocycles. The third-order valence-corrected chi connectivity index (χ3v) is 3.67. The fraction of sp³-hybridized carbons (Fsp3) is 0.300. The third kappa shape index (κ3) is 6.19. The third-order valence-electron chi connectivity index (χ3n) is 3.67. The highest BCUT2D eigenvalue weighted by Crippen LogP contribution is 2.28. The van der Waals surface area contributed by atoms with Crippen molar-refractivity contribution in [2.75, 3.05) is 13.7 Å². The molecule has 0 saturated carbocycles. The number of nitriles is 1. The van der Waals surface area contributed by atoms with Crippen LogP contribution in [-0.4, -0.2) is 19.6 Å². The lowest BCUT2D eigenvalue weighted by atomic mass is 10.1. The number of nitrogens with zero attached hydrogens (tertiary/aromatic N) is 1. The average Bonchev–Trinajstić information content (AvgIpc) is 2.65. The molecule has 25 heavy (non-hydrogen) atoms. The Labute approximate surface area is 148 Å². The number of hydrogen-bond acceptors (Lipinski definition) is 4. The van der Waals surface area contributed by atoms with E-state index < -0.39 is 0 Å². The van der Waals surface area contributed by atoms with Crippen molar-refractivity contribution in [2.24, 2.45) is 0 Å². The maximum absolute atomic E-state index is 11.3. The molecule has 5 heteroatoms. The molecule has 0 aliphatic rings. The molecule has 0 spiro atoms. The van der Waals surface area contributed by atoms with Gasteiger partial charge in [-0.1, -0.05) is 36.4 Å². The van der Waals surface area contributed by atoms with Crippen molar-refractivity contribution in [3.05, 3.63) is 59.7 Å². The summed E-state index contributed by atoms with van der Waals surface area (Å²) in [5, 5.41) is 11.2. The van der Waals surface area contributed by atoms with Gasteiger partial charge in [0.05, 0.1) is 19.8 Å². The van der Waals surface area contributed by atoms with Crippen LogP contribution < -0.4 is 14.8 Å². The predicted molar refractivity (Wildman–Crippen MR) is 95.3 cm³/mol. The van der Waals surface area contributed by atoms with Crippen LogP contribution in [0.4, 0.5) is 0 Å². The minimum absolute atomic E-state index is 0.139. The van der Waals surface area contributed by atoms with Crippen molar-refractivity contribution in [1.82, 2.24) is 5.32 Å². The molecule has 0 aliphatic carbocycles. The van der Waals surface area contributed by atoms with E-state index in [0.717, 1.165) is 18.4 Å². The van der Waals surface area contributed by atoms with E-state index in [1.54, 1.807) is 7.11 Å². The zero-order valence-electron chi connectivity index (χ0n) is 14.3. The quantitative estimate of drug-likeness (QED) is 0.713. The molecular weight excluding hydrogens is 316 g/mol. The first-order valence-corrected chi connectivity index (χ1v) is 8.20. The van der Waals surface area contributed by atoms with Gasteiger partial charge in [-0.25, -0.2) is 0 Å². The fourth-order valence-corrected chi connectivity index (χ4v) is 2.38. The Hall–Kier alpha value is -3.00. The van der Waals surface area contributed by atoms with Crippen molar-refractivity contribution in [2.45, 2.75) is 25.8 Å². The molecule has 1 amide bonds. The smallest absolute Gasteiger partial charge is 0.234 e. The van der Waals surface area contributed by atoms with Crippen LogP contribution in [0.5, 0.6) is 11.5 Å². The van der Waals surface area contributed by atoms with E-state index in [2.05, 4.69) is 17.4 Å². The van der Waals surface area contributed by atoms with Gasteiger partial charge in [0.15, 0.2) is 11.5 Å². The number of carbonyl (C=O) groups excluding carboxylic acids is 1. The molecule has 0 bridgehead atoms. The van der Waals surface area contributed by atoms with Crippen LogP contribution in [0.25, 0.3) is 0 Å². The van der Waals surface area contributed by atoms with E-state index in [4.69, 9.17) is 14.7 Å². The van der Waals surface area contributed by atoms with Crippen molar-refractivity contribution in [1.29, 1.82) is 5.26 Å².